The Kier molecular flexibility index (Phi) is 6.13. The number of carbonyl (C=O) groups excluding carboxylic acids is 2. The zero-order chi connectivity index (χ0) is 21.1. The fourth-order valence-electron chi connectivity index (χ4n) is 3.53. The van der Waals surface area contributed by atoms with E-state index in [9.17, 15) is 19.1 Å². The van der Waals surface area contributed by atoms with E-state index in [2.05, 4.69) is 0 Å². The molecule has 0 saturated carbocycles. The first kappa shape index (κ1) is 20.7. The van der Waals surface area contributed by atoms with Gasteiger partial charge in [-0.25, -0.2) is 4.39 Å². The maximum Gasteiger partial charge on any atom is 0.295 e. The maximum atomic E-state index is 13.5. The molecule has 1 atom stereocenters. The van der Waals surface area contributed by atoms with Gasteiger partial charge < -0.3 is 14.9 Å². The summed E-state index contributed by atoms with van der Waals surface area (Å²) in [6, 6.07) is 12.0. The van der Waals surface area contributed by atoms with Crippen molar-refractivity contribution >= 4 is 17.4 Å². The Morgan fingerprint density at radius 3 is 2.28 bits per heavy atom. The normalized spacial score (nSPS) is 18.7. The molecule has 1 amide bonds. The molecule has 1 fully saturated rings. The van der Waals surface area contributed by atoms with Crippen molar-refractivity contribution in [2.24, 2.45) is 0 Å². The highest BCUT2D eigenvalue weighted by molar-refractivity contribution is 6.46. The number of aliphatic hydroxyl groups is 1. The van der Waals surface area contributed by atoms with Gasteiger partial charge >= 0.3 is 0 Å². The van der Waals surface area contributed by atoms with Gasteiger partial charge in [0.15, 0.2) is 0 Å². The van der Waals surface area contributed by atoms with E-state index in [1.54, 1.807) is 24.3 Å². The lowest BCUT2D eigenvalue weighted by Gasteiger charge is -2.26. The van der Waals surface area contributed by atoms with Crippen LogP contribution in [-0.4, -0.2) is 53.8 Å². The number of Topliss-reactive ketones (excluding diaryl/α,β-unsaturated/α-hetero) is 1. The number of halogens is 1. The number of carbonyl (C=O) groups is 2. The number of ketones is 1. The van der Waals surface area contributed by atoms with Gasteiger partial charge in [0.05, 0.1) is 11.6 Å². The van der Waals surface area contributed by atoms with Gasteiger partial charge in [-0.15, -0.1) is 0 Å². The fourth-order valence-corrected chi connectivity index (χ4v) is 3.53. The summed E-state index contributed by atoms with van der Waals surface area (Å²) in [7, 11) is 3.87. The van der Waals surface area contributed by atoms with Gasteiger partial charge in [0.25, 0.3) is 11.7 Å². The highest BCUT2D eigenvalue weighted by Crippen LogP contribution is 2.39. The van der Waals surface area contributed by atoms with Crippen LogP contribution in [0.1, 0.15) is 29.2 Å². The van der Waals surface area contributed by atoms with Gasteiger partial charge in [-0.1, -0.05) is 42.0 Å². The number of hydrogen-bond donors (Lipinski definition) is 1. The van der Waals surface area contributed by atoms with Crippen molar-refractivity contribution in [3.8, 4) is 0 Å². The van der Waals surface area contributed by atoms with Crippen molar-refractivity contribution in [2.75, 3.05) is 27.2 Å². The monoisotopic (exact) mass is 396 g/mol. The second kappa shape index (κ2) is 8.57. The summed E-state index contributed by atoms with van der Waals surface area (Å²) < 4.78 is 13.5. The molecule has 2 aromatic rings. The van der Waals surface area contributed by atoms with Crippen molar-refractivity contribution in [1.29, 1.82) is 0 Å². The first-order valence-corrected chi connectivity index (χ1v) is 9.55. The lowest BCUT2D eigenvalue weighted by Crippen LogP contribution is -2.32. The van der Waals surface area contributed by atoms with E-state index in [0.717, 1.165) is 12.1 Å². The summed E-state index contributed by atoms with van der Waals surface area (Å²) in [5.41, 5.74) is 2.11. The topological polar surface area (TPSA) is 60.9 Å². The van der Waals surface area contributed by atoms with Crippen LogP contribution in [0.3, 0.4) is 0 Å². The van der Waals surface area contributed by atoms with Crippen LogP contribution in [0.15, 0.2) is 54.1 Å². The molecule has 3 rings (SSSR count). The highest BCUT2D eigenvalue weighted by Gasteiger charge is 2.45. The number of aryl methyl sites for hydroxylation is 1. The fraction of sp³-hybridized carbons (Fsp3) is 0.304. The molecular formula is C23H25FN2O3. The second-order valence-electron chi connectivity index (χ2n) is 7.57. The smallest absolute Gasteiger partial charge is 0.295 e. The molecule has 0 unspecified atom stereocenters. The summed E-state index contributed by atoms with van der Waals surface area (Å²) in [6.45, 7) is 3.03. The molecule has 1 N–H and O–H groups in total. The van der Waals surface area contributed by atoms with Gasteiger partial charge in [-0.2, -0.15) is 0 Å². The van der Waals surface area contributed by atoms with Gasteiger partial charge in [-0.3, -0.25) is 9.59 Å². The number of nitrogens with zero attached hydrogens (tertiary/aromatic N) is 2. The minimum atomic E-state index is -0.751. The van der Waals surface area contributed by atoms with Crippen molar-refractivity contribution in [3.63, 3.8) is 0 Å². The van der Waals surface area contributed by atoms with Crippen molar-refractivity contribution in [2.45, 2.75) is 19.4 Å². The molecule has 6 heteroatoms. The molecule has 5 nitrogen and oxygen atoms in total. The molecule has 0 bridgehead atoms. The number of amides is 1. The zero-order valence-electron chi connectivity index (χ0n) is 16.9. The molecule has 0 spiro atoms. The Balaban J connectivity index is 2.07. The zero-order valence-corrected chi connectivity index (χ0v) is 16.9. The summed E-state index contributed by atoms with van der Waals surface area (Å²) in [4.78, 5) is 29.1. The highest BCUT2D eigenvalue weighted by atomic mass is 19.1. The molecule has 0 aliphatic carbocycles. The Hall–Kier alpha value is -2.99. The lowest BCUT2D eigenvalue weighted by atomic mass is 9.95. The maximum absolute atomic E-state index is 13.5. The molecule has 29 heavy (non-hydrogen) atoms. The van der Waals surface area contributed by atoms with E-state index in [0.29, 0.717) is 24.1 Å². The van der Waals surface area contributed by atoms with Gasteiger partial charge in [-0.05, 0) is 51.7 Å². The van der Waals surface area contributed by atoms with Crippen LogP contribution in [0.5, 0.6) is 0 Å². The molecule has 152 valence electrons. The Labute approximate surface area is 170 Å². The minimum absolute atomic E-state index is 0.0373. The standard InChI is InChI=1S/C23H25FN2O3/c1-15-5-7-17(8-6-15)21(27)19-20(16-9-11-18(24)12-10-16)26(23(29)22(19)28)14-4-13-25(2)3/h5-12,20,27H,4,13-14H2,1-3H3/b21-19+/t20-/m1/s1. The summed E-state index contributed by atoms with van der Waals surface area (Å²) in [5, 5.41) is 10.9. The Bertz CT molecular complexity index is 934. The molecule has 1 heterocycles. The van der Waals surface area contributed by atoms with Crippen LogP contribution in [0.2, 0.25) is 0 Å². The van der Waals surface area contributed by atoms with Gasteiger partial charge in [0, 0.05) is 12.1 Å². The van der Waals surface area contributed by atoms with Gasteiger partial charge in [0.1, 0.15) is 11.6 Å². The number of aliphatic hydroxyl groups excluding tert-OH is 1. The Morgan fingerprint density at radius 2 is 1.69 bits per heavy atom. The van der Waals surface area contributed by atoms with E-state index in [4.69, 9.17) is 0 Å². The molecule has 0 radical (unpaired) electrons. The van der Waals surface area contributed by atoms with Crippen LogP contribution in [0.4, 0.5) is 4.39 Å². The molecule has 1 aliphatic rings. The Morgan fingerprint density at radius 1 is 1.07 bits per heavy atom. The van der Waals surface area contributed by atoms with Crippen LogP contribution < -0.4 is 0 Å². The predicted octanol–water partition coefficient (Wildman–Crippen LogP) is 3.51. The molecular weight excluding hydrogens is 371 g/mol. The lowest BCUT2D eigenvalue weighted by molar-refractivity contribution is -0.139. The minimum Gasteiger partial charge on any atom is -0.507 e. The third-order valence-electron chi connectivity index (χ3n) is 5.06. The first-order valence-electron chi connectivity index (χ1n) is 9.55. The van der Waals surface area contributed by atoms with Crippen molar-refractivity contribution < 1.29 is 19.1 Å². The van der Waals surface area contributed by atoms with E-state index in [1.165, 1.54) is 17.0 Å². The summed E-state index contributed by atoms with van der Waals surface area (Å²) >= 11 is 0. The van der Waals surface area contributed by atoms with Crippen LogP contribution >= 0.6 is 0 Å². The predicted molar refractivity (Wildman–Crippen MR) is 110 cm³/mol. The molecule has 2 aromatic carbocycles. The largest absolute Gasteiger partial charge is 0.507 e. The average molecular weight is 396 g/mol. The number of rotatable bonds is 6. The van der Waals surface area contributed by atoms with Crippen LogP contribution in [0.25, 0.3) is 5.76 Å². The molecule has 0 aromatic heterocycles. The second-order valence-corrected chi connectivity index (χ2v) is 7.57. The first-order chi connectivity index (χ1) is 13.8. The molecule has 1 aliphatic heterocycles. The van der Waals surface area contributed by atoms with E-state index in [-0.39, 0.29) is 11.3 Å². The third-order valence-corrected chi connectivity index (χ3v) is 5.06. The van der Waals surface area contributed by atoms with E-state index in [1.807, 2.05) is 38.1 Å². The summed E-state index contributed by atoms with van der Waals surface area (Å²) in [5.74, 6) is -1.99. The quantitative estimate of drug-likeness (QED) is 0.461. The summed E-state index contributed by atoms with van der Waals surface area (Å²) in [6.07, 6.45) is 0.669. The van der Waals surface area contributed by atoms with Crippen molar-refractivity contribution in [3.05, 3.63) is 76.6 Å². The SMILES string of the molecule is Cc1ccc(/C(O)=C2\C(=O)C(=O)N(CCCN(C)C)[C@@H]2c2ccc(F)cc2)cc1. The van der Waals surface area contributed by atoms with Crippen molar-refractivity contribution in [1.82, 2.24) is 9.80 Å². The molecule has 1 saturated heterocycles. The van der Waals surface area contributed by atoms with E-state index < -0.39 is 23.5 Å². The number of likely N-dealkylation sites (tertiary alicyclic amines) is 1. The van der Waals surface area contributed by atoms with Gasteiger partial charge in [0.2, 0.25) is 0 Å². The van der Waals surface area contributed by atoms with Crippen LogP contribution in [-0.2, 0) is 9.59 Å². The van der Waals surface area contributed by atoms with Crippen LogP contribution in [0, 0.1) is 12.7 Å². The average Bonchev–Trinajstić information content (AvgIpc) is 2.93. The third kappa shape index (κ3) is 4.38. The van der Waals surface area contributed by atoms with E-state index >= 15 is 0 Å². The number of benzene rings is 2. The number of hydrogen-bond acceptors (Lipinski definition) is 4.